The van der Waals surface area contributed by atoms with E-state index in [2.05, 4.69) is 5.32 Å². The normalized spacial score (nSPS) is 29.9. The maximum absolute atomic E-state index is 13.3. The summed E-state index contributed by atoms with van der Waals surface area (Å²) < 4.78 is 18.2. The Bertz CT molecular complexity index is 914. The highest BCUT2D eigenvalue weighted by Gasteiger charge is 2.67. The van der Waals surface area contributed by atoms with Gasteiger partial charge in [0, 0.05) is 4.88 Å². The first-order valence-electron chi connectivity index (χ1n) is 8.41. The fourth-order valence-electron chi connectivity index (χ4n) is 4.10. The van der Waals surface area contributed by atoms with Crippen molar-refractivity contribution in [3.05, 3.63) is 52.5 Å². The smallest absolute Gasteiger partial charge is 0.326 e. The molecule has 0 saturated carbocycles. The molecule has 27 heavy (non-hydrogen) atoms. The van der Waals surface area contributed by atoms with Crippen molar-refractivity contribution in [1.82, 2.24) is 5.32 Å². The summed E-state index contributed by atoms with van der Waals surface area (Å²) in [5.74, 6) is -3.61. The molecule has 2 aliphatic heterocycles. The number of carbonyl (C=O) groups is 3. The summed E-state index contributed by atoms with van der Waals surface area (Å²) in [7, 11) is 1.25. The number of amides is 2. The summed E-state index contributed by atoms with van der Waals surface area (Å²) in [5, 5.41) is 5.05. The predicted octanol–water partition coefficient (Wildman–Crippen LogP) is 2.27. The van der Waals surface area contributed by atoms with Gasteiger partial charge in [-0.1, -0.05) is 6.07 Å². The van der Waals surface area contributed by atoms with Crippen LogP contribution in [0.4, 0.5) is 10.1 Å². The Morgan fingerprint density at radius 1 is 1.22 bits per heavy atom. The molecule has 3 heterocycles. The van der Waals surface area contributed by atoms with E-state index in [0.717, 1.165) is 9.78 Å². The SMILES string of the molecule is COC(=O)[C@]1(C)N[C@@H](c2cccs2)[C@H]2C(=O)N(c3ccc(F)cc3)C(=O)[C@@H]21. The lowest BCUT2D eigenvalue weighted by Crippen LogP contribution is -2.54. The third-order valence-corrected chi connectivity index (χ3v) is 6.29. The first-order valence-corrected chi connectivity index (χ1v) is 9.29. The van der Waals surface area contributed by atoms with E-state index in [1.165, 1.54) is 42.7 Å². The molecule has 0 radical (unpaired) electrons. The van der Waals surface area contributed by atoms with E-state index < -0.39 is 47.0 Å². The van der Waals surface area contributed by atoms with Gasteiger partial charge in [0.25, 0.3) is 0 Å². The molecule has 4 rings (SSSR count). The van der Waals surface area contributed by atoms with Crippen LogP contribution in [-0.2, 0) is 19.1 Å². The van der Waals surface area contributed by atoms with Gasteiger partial charge in [0.05, 0.1) is 30.7 Å². The maximum Gasteiger partial charge on any atom is 0.326 e. The van der Waals surface area contributed by atoms with Gasteiger partial charge in [-0.05, 0) is 42.6 Å². The Morgan fingerprint density at radius 3 is 2.52 bits per heavy atom. The highest BCUT2D eigenvalue weighted by molar-refractivity contribution is 7.10. The zero-order valence-corrected chi connectivity index (χ0v) is 15.5. The monoisotopic (exact) mass is 388 g/mol. The van der Waals surface area contributed by atoms with E-state index in [-0.39, 0.29) is 5.69 Å². The predicted molar refractivity (Wildman–Crippen MR) is 96.5 cm³/mol. The van der Waals surface area contributed by atoms with Crippen LogP contribution < -0.4 is 10.2 Å². The Hall–Kier alpha value is -2.58. The molecule has 2 fully saturated rings. The van der Waals surface area contributed by atoms with Crippen LogP contribution in [0.25, 0.3) is 0 Å². The van der Waals surface area contributed by atoms with Crippen LogP contribution >= 0.6 is 11.3 Å². The van der Waals surface area contributed by atoms with Crippen LogP contribution in [0.5, 0.6) is 0 Å². The number of halogens is 1. The molecule has 2 aromatic rings. The summed E-state index contributed by atoms with van der Waals surface area (Å²) in [6, 6.07) is 8.38. The van der Waals surface area contributed by atoms with Crippen LogP contribution in [0.15, 0.2) is 41.8 Å². The molecular weight excluding hydrogens is 371 g/mol. The van der Waals surface area contributed by atoms with Gasteiger partial charge in [-0.25, -0.2) is 9.29 Å². The van der Waals surface area contributed by atoms with E-state index >= 15 is 0 Å². The van der Waals surface area contributed by atoms with Gasteiger partial charge < -0.3 is 4.74 Å². The lowest BCUT2D eigenvalue weighted by molar-refractivity contribution is -0.151. The third-order valence-electron chi connectivity index (χ3n) is 5.33. The number of esters is 1. The third kappa shape index (κ3) is 2.51. The van der Waals surface area contributed by atoms with Crippen LogP contribution in [0.3, 0.4) is 0 Å². The van der Waals surface area contributed by atoms with Crippen molar-refractivity contribution in [2.24, 2.45) is 11.8 Å². The highest BCUT2D eigenvalue weighted by atomic mass is 32.1. The Labute approximate surface area is 158 Å². The summed E-state index contributed by atoms with van der Waals surface area (Å²) in [6.45, 7) is 1.59. The van der Waals surface area contributed by atoms with Crippen LogP contribution in [-0.4, -0.2) is 30.4 Å². The number of thiophene rings is 1. The molecule has 1 aromatic carbocycles. The van der Waals surface area contributed by atoms with Crippen molar-refractivity contribution in [1.29, 1.82) is 0 Å². The van der Waals surface area contributed by atoms with Crippen molar-refractivity contribution in [2.75, 3.05) is 12.0 Å². The Morgan fingerprint density at radius 2 is 1.93 bits per heavy atom. The highest BCUT2D eigenvalue weighted by Crippen LogP contribution is 2.50. The lowest BCUT2D eigenvalue weighted by Gasteiger charge is -2.28. The van der Waals surface area contributed by atoms with Crippen molar-refractivity contribution in [3.8, 4) is 0 Å². The van der Waals surface area contributed by atoms with Crippen LogP contribution in [0, 0.1) is 17.7 Å². The number of fused-ring (bicyclic) bond motifs is 1. The zero-order chi connectivity index (χ0) is 19.3. The molecule has 1 aromatic heterocycles. The number of imide groups is 1. The minimum absolute atomic E-state index is 0.290. The number of rotatable bonds is 3. The van der Waals surface area contributed by atoms with E-state index in [4.69, 9.17) is 4.74 Å². The topological polar surface area (TPSA) is 75.7 Å². The molecule has 0 unspecified atom stereocenters. The number of nitrogens with zero attached hydrogens (tertiary/aromatic N) is 1. The minimum Gasteiger partial charge on any atom is -0.468 e. The second-order valence-electron chi connectivity index (χ2n) is 6.82. The first kappa shape index (κ1) is 17.8. The molecule has 2 aliphatic rings. The van der Waals surface area contributed by atoms with Gasteiger partial charge in [-0.3, -0.25) is 19.7 Å². The molecule has 8 heteroatoms. The van der Waals surface area contributed by atoms with E-state index in [1.54, 1.807) is 6.92 Å². The van der Waals surface area contributed by atoms with E-state index in [0.29, 0.717) is 0 Å². The molecule has 6 nitrogen and oxygen atoms in total. The standard InChI is InChI=1S/C19H17FN2O4S/c1-19(18(25)26-2)14-13(15(21-19)12-4-3-9-27-12)16(23)22(17(14)24)11-7-5-10(20)6-8-11/h3-9,13-15,21H,1-2H3/t13-,14+,15-,19+/m0/s1. The number of hydrogen-bond acceptors (Lipinski definition) is 6. The number of hydrogen-bond donors (Lipinski definition) is 1. The van der Waals surface area contributed by atoms with E-state index in [1.807, 2.05) is 17.5 Å². The number of benzene rings is 1. The number of carbonyl (C=O) groups excluding carboxylic acids is 3. The summed E-state index contributed by atoms with van der Waals surface area (Å²) in [4.78, 5) is 40.8. The molecule has 2 amide bonds. The van der Waals surface area contributed by atoms with Crippen molar-refractivity contribution >= 4 is 34.8 Å². The number of methoxy groups -OCH3 is 1. The fourth-order valence-corrected chi connectivity index (χ4v) is 4.92. The van der Waals surface area contributed by atoms with Gasteiger partial charge in [0.2, 0.25) is 11.8 Å². The van der Waals surface area contributed by atoms with Gasteiger partial charge in [-0.15, -0.1) is 11.3 Å². The maximum atomic E-state index is 13.3. The molecular formula is C19H17FN2O4S. The molecule has 2 saturated heterocycles. The fraction of sp³-hybridized carbons (Fsp3) is 0.316. The Balaban J connectivity index is 1.81. The largest absolute Gasteiger partial charge is 0.468 e. The number of ether oxygens (including phenoxy) is 1. The average molecular weight is 388 g/mol. The molecule has 0 aliphatic carbocycles. The van der Waals surface area contributed by atoms with Gasteiger partial charge >= 0.3 is 5.97 Å². The molecule has 0 bridgehead atoms. The second kappa shape index (κ2) is 6.24. The molecule has 4 atom stereocenters. The lowest BCUT2D eigenvalue weighted by atomic mass is 9.81. The van der Waals surface area contributed by atoms with Crippen molar-refractivity contribution in [3.63, 3.8) is 0 Å². The van der Waals surface area contributed by atoms with Gasteiger partial charge in [0.1, 0.15) is 11.4 Å². The van der Waals surface area contributed by atoms with Gasteiger partial charge in [0.15, 0.2) is 0 Å². The van der Waals surface area contributed by atoms with E-state index in [9.17, 15) is 18.8 Å². The summed E-state index contributed by atoms with van der Waals surface area (Å²) in [6.07, 6.45) is 0. The Kier molecular flexibility index (Phi) is 4.12. The van der Waals surface area contributed by atoms with Crippen molar-refractivity contribution < 1.29 is 23.5 Å². The zero-order valence-electron chi connectivity index (χ0n) is 14.6. The number of anilines is 1. The van der Waals surface area contributed by atoms with Crippen molar-refractivity contribution in [2.45, 2.75) is 18.5 Å². The minimum atomic E-state index is -1.34. The average Bonchev–Trinajstić information content (AvgIpc) is 3.34. The van der Waals surface area contributed by atoms with Gasteiger partial charge in [-0.2, -0.15) is 0 Å². The quantitative estimate of drug-likeness (QED) is 0.645. The second-order valence-corrected chi connectivity index (χ2v) is 7.80. The summed E-state index contributed by atoms with van der Waals surface area (Å²) >= 11 is 1.45. The van der Waals surface area contributed by atoms with Crippen LogP contribution in [0.2, 0.25) is 0 Å². The van der Waals surface area contributed by atoms with Crippen LogP contribution in [0.1, 0.15) is 17.8 Å². The number of nitrogens with one attached hydrogen (secondary N) is 1. The molecule has 0 spiro atoms. The first-order chi connectivity index (χ1) is 12.9. The molecule has 140 valence electrons. The molecule has 1 N–H and O–H groups in total. The summed E-state index contributed by atoms with van der Waals surface area (Å²) in [5.41, 5.74) is -1.05.